The maximum absolute atomic E-state index is 6.69. The molecule has 1 aromatic carbocycles. The highest BCUT2D eigenvalue weighted by Gasteiger charge is 2.45. The van der Waals surface area contributed by atoms with E-state index in [-0.39, 0.29) is 11.0 Å². The van der Waals surface area contributed by atoms with Gasteiger partial charge in [-0.05, 0) is 43.2 Å². The Hall–Kier alpha value is -1.02. The van der Waals surface area contributed by atoms with E-state index in [4.69, 9.17) is 10.5 Å². The van der Waals surface area contributed by atoms with Crippen LogP contribution in [0.5, 0.6) is 5.75 Å². The van der Waals surface area contributed by atoms with Crippen molar-refractivity contribution in [3.05, 3.63) is 29.3 Å². The molecule has 0 aliphatic heterocycles. The zero-order valence-electron chi connectivity index (χ0n) is 12.0. The molecule has 1 atom stereocenters. The van der Waals surface area contributed by atoms with Gasteiger partial charge in [0, 0.05) is 5.54 Å². The summed E-state index contributed by atoms with van der Waals surface area (Å²) >= 11 is 0. The molecule has 2 nitrogen and oxygen atoms in total. The van der Waals surface area contributed by atoms with Gasteiger partial charge in [-0.25, -0.2) is 0 Å². The van der Waals surface area contributed by atoms with Crippen LogP contribution in [0.2, 0.25) is 0 Å². The van der Waals surface area contributed by atoms with Crippen LogP contribution in [0.15, 0.2) is 18.2 Å². The molecule has 18 heavy (non-hydrogen) atoms. The van der Waals surface area contributed by atoms with E-state index >= 15 is 0 Å². The van der Waals surface area contributed by atoms with E-state index in [0.717, 1.165) is 18.6 Å². The Morgan fingerprint density at radius 1 is 1.28 bits per heavy atom. The Morgan fingerprint density at radius 3 is 2.56 bits per heavy atom. The quantitative estimate of drug-likeness (QED) is 0.888. The lowest BCUT2D eigenvalue weighted by Crippen LogP contribution is -2.50. The number of benzene rings is 1. The molecule has 2 N–H and O–H groups in total. The molecule has 100 valence electrons. The maximum Gasteiger partial charge on any atom is 0.122 e. The fraction of sp³-hybridized carbons (Fsp3) is 0.625. The Bertz CT molecular complexity index is 439. The minimum Gasteiger partial charge on any atom is -0.496 e. The van der Waals surface area contributed by atoms with E-state index in [0.29, 0.717) is 0 Å². The number of methoxy groups -OCH3 is 1. The third-order valence-electron chi connectivity index (χ3n) is 4.71. The molecule has 0 bridgehead atoms. The van der Waals surface area contributed by atoms with Crippen molar-refractivity contribution in [1.82, 2.24) is 0 Å². The standard InChI is InChI=1S/C16H25NO/c1-12-6-7-14(18-4)13(10-12)11-16(17)9-5-8-15(16,2)3/h6-7,10H,5,8-9,11,17H2,1-4H3. The van der Waals surface area contributed by atoms with Gasteiger partial charge in [0.1, 0.15) is 5.75 Å². The van der Waals surface area contributed by atoms with Crippen molar-refractivity contribution < 1.29 is 4.74 Å². The van der Waals surface area contributed by atoms with Gasteiger partial charge in [0.25, 0.3) is 0 Å². The van der Waals surface area contributed by atoms with Crippen LogP contribution in [-0.2, 0) is 6.42 Å². The number of ether oxygens (including phenoxy) is 1. The van der Waals surface area contributed by atoms with Crippen LogP contribution in [0.4, 0.5) is 0 Å². The Balaban J connectivity index is 2.31. The molecule has 0 heterocycles. The molecule has 2 heteroatoms. The van der Waals surface area contributed by atoms with Crippen LogP contribution >= 0.6 is 0 Å². The average Bonchev–Trinajstić information content (AvgIpc) is 2.53. The molecule has 2 rings (SSSR count). The van der Waals surface area contributed by atoms with Crippen molar-refractivity contribution in [2.24, 2.45) is 11.1 Å². The zero-order chi connectivity index (χ0) is 13.4. The summed E-state index contributed by atoms with van der Waals surface area (Å²) in [5.74, 6) is 0.966. The van der Waals surface area contributed by atoms with E-state index in [9.17, 15) is 0 Å². The second-order valence-electron chi connectivity index (χ2n) is 6.39. The van der Waals surface area contributed by atoms with E-state index in [1.54, 1.807) is 7.11 Å². The number of rotatable bonds is 3. The van der Waals surface area contributed by atoms with Crippen LogP contribution in [-0.4, -0.2) is 12.6 Å². The number of aryl methyl sites for hydroxylation is 1. The first-order valence-corrected chi connectivity index (χ1v) is 6.80. The lowest BCUT2D eigenvalue weighted by Gasteiger charge is -2.38. The summed E-state index contributed by atoms with van der Waals surface area (Å²) in [6.07, 6.45) is 4.47. The summed E-state index contributed by atoms with van der Waals surface area (Å²) in [6, 6.07) is 6.35. The minimum absolute atomic E-state index is 0.103. The van der Waals surface area contributed by atoms with Gasteiger partial charge < -0.3 is 10.5 Å². The Kier molecular flexibility index (Phi) is 3.41. The van der Waals surface area contributed by atoms with Crippen LogP contribution in [0.25, 0.3) is 0 Å². The molecular formula is C16H25NO. The summed E-state index contributed by atoms with van der Waals surface area (Å²) in [4.78, 5) is 0. The van der Waals surface area contributed by atoms with Crippen molar-refractivity contribution in [2.75, 3.05) is 7.11 Å². The van der Waals surface area contributed by atoms with Gasteiger partial charge in [-0.2, -0.15) is 0 Å². The molecule has 1 fully saturated rings. The van der Waals surface area contributed by atoms with Crippen molar-refractivity contribution >= 4 is 0 Å². The predicted octanol–water partition coefficient (Wildman–Crippen LogP) is 3.45. The Morgan fingerprint density at radius 2 is 2.00 bits per heavy atom. The first kappa shape index (κ1) is 13.4. The van der Waals surface area contributed by atoms with Crippen molar-refractivity contribution in [1.29, 1.82) is 0 Å². The van der Waals surface area contributed by atoms with E-state index in [2.05, 4.69) is 39.0 Å². The normalized spacial score (nSPS) is 26.3. The summed E-state index contributed by atoms with van der Waals surface area (Å²) < 4.78 is 5.47. The third kappa shape index (κ3) is 2.26. The van der Waals surface area contributed by atoms with Crippen LogP contribution < -0.4 is 10.5 Å². The molecule has 0 spiro atoms. The average molecular weight is 247 g/mol. The SMILES string of the molecule is COc1ccc(C)cc1CC1(N)CCCC1(C)C. The highest BCUT2D eigenvalue weighted by Crippen LogP contribution is 2.46. The monoisotopic (exact) mass is 247 g/mol. The van der Waals surface area contributed by atoms with Gasteiger partial charge >= 0.3 is 0 Å². The first-order chi connectivity index (χ1) is 8.38. The van der Waals surface area contributed by atoms with Crippen molar-refractivity contribution in [3.63, 3.8) is 0 Å². The lowest BCUT2D eigenvalue weighted by atomic mass is 9.72. The number of nitrogens with two attached hydrogens (primary N) is 1. The van der Waals surface area contributed by atoms with Gasteiger partial charge in [-0.15, -0.1) is 0 Å². The fourth-order valence-electron chi connectivity index (χ4n) is 3.15. The van der Waals surface area contributed by atoms with E-state index in [1.165, 1.54) is 24.0 Å². The summed E-state index contributed by atoms with van der Waals surface area (Å²) in [7, 11) is 1.73. The highest BCUT2D eigenvalue weighted by molar-refractivity contribution is 5.38. The third-order valence-corrected chi connectivity index (χ3v) is 4.71. The second-order valence-corrected chi connectivity index (χ2v) is 6.39. The number of hydrogen-bond donors (Lipinski definition) is 1. The van der Waals surface area contributed by atoms with Gasteiger partial charge in [0.2, 0.25) is 0 Å². The molecule has 1 aliphatic carbocycles. The molecule has 0 amide bonds. The molecule has 1 unspecified atom stereocenters. The summed E-state index contributed by atoms with van der Waals surface area (Å²) in [6.45, 7) is 6.70. The molecule has 1 aliphatic rings. The van der Waals surface area contributed by atoms with Crippen LogP contribution in [0.3, 0.4) is 0 Å². The highest BCUT2D eigenvalue weighted by atomic mass is 16.5. The van der Waals surface area contributed by atoms with Gasteiger partial charge in [-0.1, -0.05) is 38.0 Å². The molecule has 0 saturated heterocycles. The molecule has 0 aromatic heterocycles. The molecule has 1 saturated carbocycles. The topological polar surface area (TPSA) is 35.2 Å². The van der Waals surface area contributed by atoms with Crippen LogP contribution in [0.1, 0.15) is 44.2 Å². The van der Waals surface area contributed by atoms with Crippen molar-refractivity contribution in [3.8, 4) is 5.75 Å². The van der Waals surface area contributed by atoms with Gasteiger partial charge in [0.05, 0.1) is 7.11 Å². The van der Waals surface area contributed by atoms with E-state index in [1.807, 2.05) is 0 Å². The van der Waals surface area contributed by atoms with Crippen molar-refractivity contribution in [2.45, 2.75) is 52.0 Å². The van der Waals surface area contributed by atoms with Gasteiger partial charge in [0.15, 0.2) is 0 Å². The van der Waals surface area contributed by atoms with E-state index < -0.39 is 0 Å². The first-order valence-electron chi connectivity index (χ1n) is 6.80. The lowest BCUT2D eigenvalue weighted by molar-refractivity contribution is 0.205. The second kappa shape index (κ2) is 4.58. The molecule has 0 radical (unpaired) electrons. The maximum atomic E-state index is 6.69. The largest absolute Gasteiger partial charge is 0.496 e. The molecular weight excluding hydrogens is 222 g/mol. The molecule has 1 aromatic rings. The summed E-state index contributed by atoms with van der Waals surface area (Å²) in [5.41, 5.74) is 9.31. The Labute approximate surface area is 111 Å². The van der Waals surface area contributed by atoms with Gasteiger partial charge in [-0.3, -0.25) is 0 Å². The van der Waals surface area contributed by atoms with Crippen LogP contribution in [0, 0.1) is 12.3 Å². The zero-order valence-corrected chi connectivity index (χ0v) is 12.0. The summed E-state index contributed by atoms with van der Waals surface area (Å²) in [5, 5.41) is 0. The predicted molar refractivity (Wildman–Crippen MR) is 76.0 cm³/mol. The smallest absolute Gasteiger partial charge is 0.122 e. The minimum atomic E-state index is -0.103. The number of hydrogen-bond acceptors (Lipinski definition) is 2. The fourth-order valence-corrected chi connectivity index (χ4v) is 3.15.